The van der Waals surface area contributed by atoms with Crippen LogP contribution in [0.4, 0.5) is 0 Å². The molecule has 0 heterocycles. The molecule has 0 radical (unpaired) electrons. The number of phenolic OH excluding ortho intramolecular Hbond substituents is 1. The van der Waals surface area contributed by atoms with Gasteiger partial charge in [-0.15, -0.1) is 0 Å². The van der Waals surface area contributed by atoms with Gasteiger partial charge in [-0.2, -0.15) is 0 Å². The first-order valence-electron chi connectivity index (χ1n) is 5.89. The van der Waals surface area contributed by atoms with E-state index in [0.717, 1.165) is 18.9 Å². The summed E-state index contributed by atoms with van der Waals surface area (Å²) in [5.74, 6) is 0.744. The second kappa shape index (κ2) is 6.07. The van der Waals surface area contributed by atoms with E-state index in [0.29, 0.717) is 5.75 Å². The molecule has 0 unspecified atom stereocenters. The second-order valence-electron chi connectivity index (χ2n) is 4.82. The number of rotatable bonds is 6. The molecule has 17 heavy (non-hydrogen) atoms. The van der Waals surface area contributed by atoms with Crippen LogP contribution in [-0.2, 0) is 10.8 Å². The average Bonchev–Trinajstić information content (AvgIpc) is 2.31. The van der Waals surface area contributed by atoms with Crippen LogP contribution in [0.25, 0.3) is 0 Å². The lowest BCUT2D eigenvalue weighted by molar-refractivity contribution is 0.373. The van der Waals surface area contributed by atoms with Gasteiger partial charge in [-0.05, 0) is 49.7 Å². The highest BCUT2D eigenvalue weighted by Crippen LogP contribution is 2.27. The van der Waals surface area contributed by atoms with Gasteiger partial charge in [0.1, 0.15) is 0 Å². The van der Waals surface area contributed by atoms with Crippen molar-refractivity contribution in [1.29, 1.82) is 0 Å². The molecule has 0 aromatic heterocycles. The summed E-state index contributed by atoms with van der Waals surface area (Å²) in [6.07, 6.45) is 2.11. The van der Waals surface area contributed by atoms with Gasteiger partial charge >= 0.3 is 0 Å². The maximum Gasteiger partial charge on any atom is 0.186 e. The van der Waals surface area contributed by atoms with E-state index in [9.17, 15) is 5.11 Å². The molecule has 1 aromatic rings. The standard InChI is InChI=1S/C13H22O3Si/c1-15-13-10-11(7-8-12(13)14)6-5-9-17(3,4)16-2/h7-8,10,14H,5-6,9H2,1-4H3. The third kappa shape index (κ3) is 4.40. The molecule has 0 amide bonds. The van der Waals surface area contributed by atoms with Crippen LogP contribution in [0.15, 0.2) is 18.2 Å². The normalized spacial score (nSPS) is 11.5. The van der Waals surface area contributed by atoms with Crippen molar-refractivity contribution in [1.82, 2.24) is 0 Å². The van der Waals surface area contributed by atoms with E-state index in [4.69, 9.17) is 9.16 Å². The lowest BCUT2D eigenvalue weighted by Gasteiger charge is -2.19. The number of aryl methyl sites for hydroxylation is 1. The van der Waals surface area contributed by atoms with Gasteiger partial charge in [-0.3, -0.25) is 0 Å². The summed E-state index contributed by atoms with van der Waals surface area (Å²) in [5, 5.41) is 9.49. The molecule has 3 nitrogen and oxygen atoms in total. The Hall–Kier alpha value is -1.00. The van der Waals surface area contributed by atoms with Crippen LogP contribution in [0.5, 0.6) is 11.5 Å². The largest absolute Gasteiger partial charge is 0.504 e. The van der Waals surface area contributed by atoms with E-state index in [2.05, 4.69) is 13.1 Å². The number of ether oxygens (including phenoxy) is 1. The first-order chi connectivity index (χ1) is 7.98. The lowest BCUT2D eigenvalue weighted by atomic mass is 10.1. The molecule has 1 rings (SSSR count). The Morgan fingerprint density at radius 3 is 2.53 bits per heavy atom. The van der Waals surface area contributed by atoms with Gasteiger partial charge in [0.15, 0.2) is 19.8 Å². The zero-order chi connectivity index (χ0) is 12.9. The van der Waals surface area contributed by atoms with E-state index < -0.39 is 8.32 Å². The summed E-state index contributed by atoms with van der Waals surface area (Å²) in [5.41, 5.74) is 1.19. The van der Waals surface area contributed by atoms with Crippen LogP contribution < -0.4 is 4.74 Å². The number of hydrogen-bond donors (Lipinski definition) is 1. The van der Waals surface area contributed by atoms with Crippen molar-refractivity contribution < 1.29 is 14.3 Å². The summed E-state index contributed by atoms with van der Waals surface area (Å²) in [4.78, 5) is 0. The van der Waals surface area contributed by atoms with Crippen LogP contribution >= 0.6 is 0 Å². The smallest absolute Gasteiger partial charge is 0.186 e. The molecule has 0 saturated heterocycles. The highest BCUT2D eigenvalue weighted by molar-refractivity contribution is 6.71. The summed E-state index contributed by atoms with van der Waals surface area (Å²) in [7, 11) is 1.93. The minimum absolute atomic E-state index is 0.197. The van der Waals surface area contributed by atoms with Gasteiger partial charge in [0, 0.05) is 7.11 Å². The summed E-state index contributed by atoms with van der Waals surface area (Å²) >= 11 is 0. The van der Waals surface area contributed by atoms with Crippen molar-refractivity contribution in [3.05, 3.63) is 23.8 Å². The van der Waals surface area contributed by atoms with Crippen LogP contribution in [0.3, 0.4) is 0 Å². The molecule has 0 saturated carbocycles. The first-order valence-corrected chi connectivity index (χ1v) is 9.01. The Balaban J connectivity index is 2.53. The fraction of sp³-hybridized carbons (Fsp3) is 0.538. The Morgan fingerprint density at radius 2 is 1.94 bits per heavy atom. The summed E-state index contributed by atoms with van der Waals surface area (Å²) in [6, 6.07) is 6.68. The van der Waals surface area contributed by atoms with E-state index in [1.54, 1.807) is 20.3 Å². The zero-order valence-corrected chi connectivity index (χ0v) is 12.1. The van der Waals surface area contributed by atoms with E-state index in [-0.39, 0.29) is 5.75 Å². The molecule has 0 atom stereocenters. The second-order valence-corrected chi connectivity index (χ2v) is 9.25. The molecule has 1 aromatic carbocycles. The van der Waals surface area contributed by atoms with Gasteiger partial charge in [0.25, 0.3) is 0 Å². The van der Waals surface area contributed by atoms with Crippen molar-refractivity contribution in [3.63, 3.8) is 0 Å². The molecule has 0 fully saturated rings. The molecule has 0 bridgehead atoms. The van der Waals surface area contributed by atoms with Crippen LogP contribution in [0.2, 0.25) is 19.1 Å². The van der Waals surface area contributed by atoms with Crippen LogP contribution in [0.1, 0.15) is 12.0 Å². The molecule has 0 aliphatic carbocycles. The minimum Gasteiger partial charge on any atom is -0.504 e. The Morgan fingerprint density at radius 1 is 1.24 bits per heavy atom. The zero-order valence-electron chi connectivity index (χ0n) is 11.1. The quantitative estimate of drug-likeness (QED) is 0.792. The summed E-state index contributed by atoms with van der Waals surface area (Å²) in [6.45, 7) is 4.45. The van der Waals surface area contributed by atoms with Crippen molar-refractivity contribution >= 4 is 8.32 Å². The first kappa shape index (κ1) is 14.1. The van der Waals surface area contributed by atoms with Crippen LogP contribution in [0, 0.1) is 0 Å². The third-order valence-electron chi connectivity index (χ3n) is 3.04. The Kier molecular flexibility index (Phi) is 5.02. The fourth-order valence-corrected chi connectivity index (χ4v) is 2.93. The molecule has 0 spiro atoms. The molecule has 4 heteroatoms. The molecular weight excluding hydrogens is 232 g/mol. The maximum atomic E-state index is 9.49. The number of phenols is 1. The van der Waals surface area contributed by atoms with Crippen LogP contribution in [-0.4, -0.2) is 27.6 Å². The number of benzene rings is 1. The molecule has 0 aliphatic rings. The third-order valence-corrected chi connectivity index (χ3v) is 5.70. The van der Waals surface area contributed by atoms with Gasteiger partial charge < -0.3 is 14.3 Å². The predicted octanol–water partition coefficient (Wildman–Crippen LogP) is 3.18. The fourth-order valence-electron chi connectivity index (χ4n) is 1.70. The monoisotopic (exact) mass is 254 g/mol. The number of aromatic hydroxyl groups is 1. The number of hydrogen-bond acceptors (Lipinski definition) is 3. The van der Waals surface area contributed by atoms with Gasteiger partial charge in [0.2, 0.25) is 0 Å². The average molecular weight is 254 g/mol. The van der Waals surface area contributed by atoms with Gasteiger partial charge in [-0.1, -0.05) is 6.07 Å². The Bertz CT molecular complexity index is 364. The lowest BCUT2D eigenvalue weighted by Crippen LogP contribution is -2.28. The maximum absolute atomic E-state index is 9.49. The number of methoxy groups -OCH3 is 1. The van der Waals surface area contributed by atoms with Crippen molar-refractivity contribution in [3.8, 4) is 11.5 Å². The van der Waals surface area contributed by atoms with Crippen molar-refractivity contribution in [2.24, 2.45) is 0 Å². The topological polar surface area (TPSA) is 38.7 Å². The van der Waals surface area contributed by atoms with E-state index in [1.165, 1.54) is 5.56 Å². The van der Waals surface area contributed by atoms with E-state index >= 15 is 0 Å². The minimum atomic E-state index is -1.44. The van der Waals surface area contributed by atoms with Crippen molar-refractivity contribution in [2.45, 2.75) is 32.0 Å². The highest BCUT2D eigenvalue weighted by Gasteiger charge is 2.19. The van der Waals surface area contributed by atoms with E-state index in [1.807, 2.05) is 12.1 Å². The molecular formula is C13H22O3Si. The predicted molar refractivity (Wildman–Crippen MR) is 72.3 cm³/mol. The summed E-state index contributed by atoms with van der Waals surface area (Å²) < 4.78 is 10.6. The van der Waals surface area contributed by atoms with Gasteiger partial charge in [0.05, 0.1) is 7.11 Å². The Labute approximate surface area is 105 Å². The molecule has 1 N–H and O–H groups in total. The highest BCUT2D eigenvalue weighted by atomic mass is 28.4. The van der Waals surface area contributed by atoms with Crippen molar-refractivity contribution in [2.75, 3.05) is 14.2 Å². The van der Waals surface area contributed by atoms with Gasteiger partial charge in [-0.25, -0.2) is 0 Å². The molecule has 96 valence electrons. The SMILES string of the molecule is COc1cc(CCC[Si](C)(C)OC)ccc1O. The molecule has 0 aliphatic heterocycles.